The predicted octanol–water partition coefficient (Wildman–Crippen LogP) is 3.29. The van der Waals surface area contributed by atoms with Gasteiger partial charge < -0.3 is 4.74 Å². The predicted molar refractivity (Wildman–Crippen MR) is 86.7 cm³/mol. The van der Waals surface area contributed by atoms with E-state index in [-0.39, 0.29) is 4.90 Å². The van der Waals surface area contributed by atoms with Gasteiger partial charge in [-0.3, -0.25) is 9.71 Å². The third-order valence-corrected chi connectivity index (χ3v) is 4.66. The topological polar surface area (TPSA) is 68.3 Å². The lowest BCUT2D eigenvalue weighted by Gasteiger charge is -2.14. The van der Waals surface area contributed by atoms with Crippen LogP contribution in [-0.2, 0) is 10.0 Å². The van der Waals surface area contributed by atoms with E-state index < -0.39 is 10.0 Å². The average Bonchev–Trinajstić information content (AvgIpc) is 2.48. The van der Waals surface area contributed by atoms with Gasteiger partial charge in [-0.25, -0.2) is 8.42 Å². The van der Waals surface area contributed by atoms with Crippen LogP contribution in [0, 0.1) is 13.8 Å². The second-order valence-corrected chi connectivity index (χ2v) is 6.73. The Morgan fingerprint density at radius 3 is 2.64 bits per heavy atom. The summed E-state index contributed by atoms with van der Waals surface area (Å²) >= 11 is 0. The SMILES string of the molecule is CCCOc1cc(C)c(S(=O)(=O)Nc2cccnc2)cc1C. The maximum Gasteiger partial charge on any atom is 0.262 e. The lowest BCUT2D eigenvalue weighted by Crippen LogP contribution is -2.15. The minimum absolute atomic E-state index is 0.248. The first kappa shape index (κ1) is 16.3. The van der Waals surface area contributed by atoms with Gasteiger partial charge in [-0.1, -0.05) is 6.92 Å². The van der Waals surface area contributed by atoms with Gasteiger partial charge in [-0.2, -0.15) is 0 Å². The monoisotopic (exact) mass is 320 g/mol. The van der Waals surface area contributed by atoms with E-state index in [2.05, 4.69) is 9.71 Å². The van der Waals surface area contributed by atoms with Crippen molar-refractivity contribution >= 4 is 15.7 Å². The fourth-order valence-electron chi connectivity index (χ4n) is 2.05. The fraction of sp³-hybridized carbons (Fsp3) is 0.312. The second-order valence-electron chi connectivity index (χ2n) is 5.08. The van der Waals surface area contributed by atoms with Crippen molar-refractivity contribution < 1.29 is 13.2 Å². The number of rotatable bonds is 6. The van der Waals surface area contributed by atoms with Gasteiger partial charge >= 0.3 is 0 Å². The smallest absolute Gasteiger partial charge is 0.262 e. The highest BCUT2D eigenvalue weighted by Crippen LogP contribution is 2.27. The molecule has 0 bridgehead atoms. The van der Waals surface area contributed by atoms with Gasteiger partial charge in [0.2, 0.25) is 0 Å². The van der Waals surface area contributed by atoms with Gasteiger partial charge in [-0.05, 0) is 55.7 Å². The molecule has 0 unspecified atom stereocenters. The fourth-order valence-corrected chi connectivity index (χ4v) is 3.41. The summed E-state index contributed by atoms with van der Waals surface area (Å²) in [4.78, 5) is 4.15. The Hall–Kier alpha value is -2.08. The molecule has 1 heterocycles. The van der Waals surface area contributed by atoms with Gasteiger partial charge in [0.15, 0.2) is 0 Å². The van der Waals surface area contributed by atoms with Crippen LogP contribution in [0.2, 0.25) is 0 Å². The molecule has 0 amide bonds. The summed E-state index contributed by atoms with van der Waals surface area (Å²) in [5, 5.41) is 0. The number of nitrogens with zero attached hydrogens (tertiary/aromatic N) is 1. The van der Waals surface area contributed by atoms with Crippen LogP contribution in [0.3, 0.4) is 0 Å². The standard InChI is InChI=1S/C16H20N2O3S/c1-4-8-21-15-9-13(3)16(10-12(15)2)22(19,20)18-14-6-5-7-17-11-14/h5-7,9-11,18H,4,8H2,1-3H3. The lowest BCUT2D eigenvalue weighted by atomic mass is 10.1. The van der Waals surface area contributed by atoms with E-state index in [9.17, 15) is 8.42 Å². The van der Waals surface area contributed by atoms with E-state index in [0.29, 0.717) is 17.9 Å². The summed E-state index contributed by atoms with van der Waals surface area (Å²) in [5.74, 6) is 0.722. The number of aryl methyl sites for hydroxylation is 2. The largest absolute Gasteiger partial charge is 0.493 e. The Balaban J connectivity index is 2.33. The molecule has 1 aromatic carbocycles. The minimum atomic E-state index is -3.65. The highest BCUT2D eigenvalue weighted by atomic mass is 32.2. The molecule has 22 heavy (non-hydrogen) atoms. The summed E-state index contributed by atoms with van der Waals surface area (Å²) in [5.41, 5.74) is 1.88. The molecule has 2 aromatic rings. The summed E-state index contributed by atoms with van der Waals surface area (Å²) in [6, 6.07) is 6.74. The maximum atomic E-state index is 12.5. The van der Waals surface area contributed by atoms with Gasteiger partial charge in [0.1, 0.15) is 5.75 Å². The number of hydrogen-bond acceptors (Lipinski definition) is 4. The highest BCUT2D eigenvalue weighted by Gasteiger charge is 2.19. The maximum absolute atomic E-state index is 12.5. The van der Waals surface area contributed by atoms with Crippen LogP contribution in [0.5, 0.6) is 5.75 Å². The molecule has 118 valence electrons. The number of sulfonamides is 1. The van der Waals surface area contributed by atoms with E-state index in [1.54, 1.807) is 37.4 Å². The van der Waals surface area contributed by atoms with Gasteiger partial charge in [0.05, 0.1) is 23.4 Å². The Labute approximate surface area is 131 Å². The molecule has 0 saturated carbocycles. The number of nitrogens with one attached hydrogen (secondary N) is 1. The van der Waals surface area contributed by atoms with Crippen LogP contribution in [0.25, 0.3) is 0 Å². The molecule has 6 heteroatoms. The average molecular weight is 320 g/mol. The molecule has 0 radical (unpaired) electrons. The second kappa shape index (κ2) is 6.79. The molecule has 0 fully saturated rings. The zero-order chi connectivity index (χ0) is 16.2. The molecule has 1 N–H and O–H groups in total. The van der Waals surface area contributed by atoms with Crippen molar-refractivity contribution in [2.24, 2.45) is 0 Å². The molecular formula is C16H20N2O3S. The molecule has 5 nitrogen and oxygen atoms in total. The van der Waals surface area contributed by atoms with Gasteiger partial charge in [0, 0.05) is 6.20 Å². The first-order valence-corrected chi connectivity index (χ1v) is 8.59. The molecule has 0 aliphatic rings. The number of ether oxygens (including phenoxy) is 1. The first-order chi connectivity index (χ1) is 10.4. The van der Waals surface area contributed by atoms with Crippen LogP contribution >= 0.6 is 0 Å². The van der Waals surface area contributed by atoms with Crippen molar-refractivity contribution in [2.75, 3.05) is 11.3 Å². The quantitative estimate of drug-likeness (QED) is 0.887. The molecule has 0 saturated heterocycles. The van der Waals surface area contributed by atoms with Crippen LogP contribution in [0.1, 0.15) is 24.5 Å². The third-order valence-electron chi connectivity index (χ3n) is 3.14. The Kier molecular flexibility index (Phi) is 5.03. The summed E-state index contributed by atoms with van der Waals surface area (Å²) in [7, 11) is -3.65. The Bertz CT molecular complexity index is 743. The first-order valence-electron chi connectivity index (χ1n) is 7.11. The molecule has 0 spiro atoms. The van der Waals surface area contributed by atoms with Crippen LogP contribution in [0.15, 0.2) is 41.6 Å². The van der Waals surface area contributed by atoms with Crippen molar-refractivity contribution in [2.45, 2.75) is 32.1 Å². The molecule has 2 rings (SSSR count). The van der Waals surface area contributed by atoms with Crippen molar-refractivity contribution in [1.29, 1.82) is 0 Å². The zero-order valence-corrected chi connectivity index (χ0v) is 13.8. The van der Waals surface area contributed by atoms with E-state index in [4.69, 9.17) is 4.74 Å². The third kappa shape index (κ3) is 3.76. The van der Waals surface area contributed by atoms with Crippen molar-refractivity contribution in [3.8, 4) is 5.75 Å². The van der Waals surface area contributed by atoms with Crippen molar-refractivity contribution in [3.63, 3.8) is 0 Å². The molecule has 1 aromatic heterocycles. The van der Waals surface area contributed by atoms with Crippen molar-refractivity contribution in [1.82, 2.24) is 4.98 Å². The molecule has 0 atom stereocenters. The summed E-state index contributed by atoms with van der Waals surface area (Å²) in [6.07, 6.45) is 3.96. The van der Waals surface area contributed by atoms with Crippen LogP contribution in [-0.4, -0.2) is 20.0 Å². The molecule has 0 aliphatic carbocycles. The highest BCUT2D eigenvalue weighted by molar-refractivity contribution is 7.92. The van der Waals surface area contributed by atoms with E-state index in [0.717, 1.165) is 17.7 Å². The van der Waals surface area contributed by atoms with E-state index in [1.807, 2.05) is 13.8 Å². The van der Waals surface area contributed by atoms with Crippen molar-refractivity contribution in [3.05, 3.63) is 47.8 Å². The lowest BCUT2D eigenvalue weighted by molar-refractivity contribution is 0.315. The van der Waals surface area contributed by atoms with Crippen LogP contribution in [0.4, 0.5) is 5.69 Å². The van der Waals surface area contributed by atoms with Crippen LogP contribution < -0.4 is 9.46 Å². The number of aromatic nitrogens is 1. The summed E-state index contributed by atoms with van der Waals surface area (Å²) < 4.78 is 33.2. The Morgan fingerprint density at radius 2 is 2.00 bits per heavy atom. The van der Waals surface area contributed by atoms with Gasteiger partial charge in [0.25, 0.3) is 10.0 Å². The number of pyridine rings is 1. The zero-order valence-electron chi connectivity index (χ0n) is 13.0. The summed E-state index contributed by atoms with van der Waals surface area (Å²) in [6.45, 7) is 6.24. The molecule has 0 aliphatic heterocycles. The molecular weight excluding hydrogens is 300 g/mol. The Morgan fingerprint density at radius 1 is 1.23 bits per heavy atom. The number of hydrogen-bond donors (Lipinski definition) is 1. The van der Waals surface area contributed by atoms with E-state index >= 15 is 0 Å². The number of benzene rings is 1. The minimum Gasteiger partial charge on any atom is -0.493 e. The van der Waals surface area contributed by atoms with E-state index in [1.165, 1.54) is 6.20 Å². The normalized spacial score (nSPS) is 11.2. The van der Waals surface area contributed by atoms with Gasteiger partial charge in [-0.15, -0.1) is 0 Å². The number of anilines is 1.